The number of hydrogen-bond donors (Lipinski definition) is 2. The van der Waals surface area contributed by atoms with Crippen molar-refractivity contribution in [3.8, 4) is 5.75 Å². The average molecular weight is 447 g/mol. The zero-order valence-corrected chi connectivity index (χ0v) is 20.7. The van der Waals surface area contributed by atoms with E-state index in [1.165, 1.54) is 13.0 Å². The van der Waals surface area contributed by atoms with Crippen molar-refractivity contribution in [2.75, 3.05) is 5.32 Å². The molecule has 0 aliphatic rings. The zero-order chi connectivity index (χ0) is 19.5. The van der Waals surface area contributed by atoms with Gasteiger partial charge in [0.2, 0.25) is 5.91 Å². The second-order valence-corrected chi connectivity index (χ2v) is 7.17. The van der Waals surface area contributed by atoms with Gasteiger partial charge in [0.1, 0.15) is 21.7 Å². The van der Waals surface area contributed by atoms with Gasteiger partial charge in [-0.1, -0.05) is 0 Å². The first kappa shape index (κ1) is 27.8. The van der Waals surface area contributed by atoms with Gasteiger partial charge in [0.05, 0.1) is 29.0 Å². The van der Waals surface area contributed by atoms with Crippen molar-refractivity contribution < 1.29 is 101 Å². The Morgan fingerprint density at radius 2 is 1.86 bits per heavy atom. The molecule has 2 rings (SSSR count). The summed E-state index contributed by atoms with van der Waals surface area (Å²) in [5, 5.41) is 25.1. The first-order chi connectivity index (χ1) is 12.1. The van der Waals surface area contributed by atoms with Crippen LogP contribution in [0.5, 0.6) is 5.75 Å². The Bertz CT molecular complexity index is 982. The normalized spacial score (nSPS) is 10.7. The maximum Gasteiger partial charge on any atom is 1.00 e. The van der Waals surface area contributed by atoms with Gasteiger partial charge in [-0.05, 0) is 31.2 Å². The van der Waals surface area contributed by atoms with Gasteiger partial charge in [-0.15, -0.1) is 0 Å². The van der Waals surface area contributed by atoms with Crippen LogP contribution in [-0.4, -0.2) is 29.8 Å². The molecule has 0 aromatic heterocycles. The van der Waals surface area contributed by atoms with E-state index < -0.39 is 38.9 Å². The predicted molar refractivity (Wildman–Crippen MR) is 85.5 cm³/mol. The van der Waals surface area contributed by atoms with Gasteiger partial charge in [-0.25, -0.2) is 8.42 Å². The van der Waals surface area contributed by atoms with Crippen LogP contribution in [0.3, 0.4) is 0 Å². The van der Waals surface area contributed by atoms with Crippen LogP contribution >= 0.6 is 12.0 Å². The van der Waals surface area contributed by atoms with Gasteiger partial charge in [-0.3, -0.25) is 14.6 Å². The molecule has 0 saturated heterocycles. The summed E-state index contributed by atoms with van der Waals surface area (Å²) in [4.78, 5) is 22.0. The first-order valence-corrected chi connectivity index (χ1v) is 8.96. The molecule has 2 aromatic rings. The summed E-state index contributed by atoms with van der Waals surface area (Å²) in [6.07, 6.45) is -0.508. The van der Waals surface area contributed by atoms with E-state index in [1.54, 1.807) is 0 Å². The van der Waals surface area contributed by atoms with Gasteiger partial charge in [0, 0.05) is 15.7 Å². The fourth-order valence-electron chi connectivity index (χ4n) is 2.25. The third kappa shape index (κ3) is 7.23. The minimum absolute atomic E-state index is 0. The Kier molecular flexibility index (Phi) is 11.7. The van der Waals surface area contributed by atoms with Crippen molar-refractivity contribution in [2.45, 2.75) is 23.1 Å². The molecule has 0 radical (unpaired) electrons. The van der Waals surface area contributed by atoms with Crippen LogP contribution in [0.4, 0.5) is 5.69 Å². The molecule has 0 spiro atoms. The van der Waals surface area contributed by atoms with Gasteiger partial charge < -0.3 is 20.2 Å². The molecule has 0 heterocycles. The summed E-state index contributed by atoms with van der Waals surface area (Å²) >= 11 is 0.373. The third-order valence-electron chi connectivity index (χ3n) is 3.13. The number of ketones is 1. The number of hydrogen-bond acceptors (Lipinski definition) is 10. The molecule has 0 unspecified atom stereocenters. The average Bonchev–Trinajstić information content (AvgIpc) is 2.50. The van der Waals surface area contributed by atoms with Crippen molar-refractivity contribution in [3.63, 3.8) is 0 Å². The van der Waals surface area contributed by atoms with Crippen LogP contribution in [0.15, 0.2) is 34.1 Å². The SMILES string of the molecule is CC(=O)CC(=O)Nc1ccc2c(O)cc(SOO[O-])cc2c1S(=O)(=O)[O-].[Na+].[Na+]. The zero-order valence-electron chi connectivity index (χ0n) is 15.0. The Hall–Kier alpha value is -0.220. The molecule has 0 aliphatic heterocycles. The van der Waals surface area contributed by atoms with E-state index >= 15 is 0 Å². The van der Waals surface area contributed by atoms with Crippen LogP contribution < -0.4 is 69.7 Å². The van der Waals surface area contributed by atoms with E-state index in [0.717, 1.165) is 18.2 Å². The minimum Gasteiger partial charge on any atom is -0.744 e. The summed E-state index contributed by atoms with van der Waals surface area (Å²) in [6, 6.07) is 4.71. The van der Waals surface area contributed by atoms with Crippen LogP contribution in [0.25, 0.3) is 10.8 Å². The number of benzene rings is 2. The molecule has 14 heteroatoms. The minimum atomic E-state index is -5.09. The quantitative estimate of drug-likeness (QED) is 0.105. The molecule has 0 fully saturated rings. The summed E-state index contributed by atoms with van der Waals surface area (Å²) < 4.78 is 39.3. The molecule has 0 bridgehead atoms. The number of amides is 1. The van der Waals surface area contributed by atoms with Gasteiger partial charge in [-0.2, -0.15) is 4.33 Å². The van der Waals surface area contributed by atoms with E-state index in [1.807, 2.05) is 0 Å². The maximum atomic E-state index is 11.8. The second-order valence-electron chi connectivity index (χ2n) is 5.08. The summed E-state index contributed by atoms with van der Waals surface area (Å²) in [5.41, 5.74) is -0.346. The number of phenols is 1. The van der Waals surface area contributed by atoms with E-state index in [4.69, 9.17) is 0 Å². The van der Waals surface area contributed by atoms with E-state index in [9.17, 15) is 32.9 Å². The number of nitrogens with one attached hydrogen (secondary N) is 1. The van der Waals surface area contributed by atoms with Crippen molar-refractivity contribution in [1.82, 2.24) is 0 Å². The Morgan fingerprint density at radius 1 is 1.21 bits per heavy atom. The molecule has 28 heavy (non-hydrogen) atoms. The molecule has 2 aromatic carbocycles. The van der Waals surface area contributed by atoms with E-state index in [0.29, 0.717) is 12.0 Å². The number of rotatable bonds is 7. The van der Waals surface area contributed by atoms with Crippen LogP contribution in [-0.2, 0) is 29.1 Å². The number of carbonyl (C=O) groups excluding carboxylic acids is 2. The number of fused-ring (bicyclic) bond motifs is 1. The maximum absolute atomic E-state index is 11.8. The Labute approximate surface area is 208 Å². The third-order valence-corrected chi connectivity index (χ3v) is 4.62. The molecular formula is C14H11NNa2O9S2. The van der Waals surface area contributed by atoms with Crippen molar-refractivity contribution in [2.24, 2.45) is 0 Å². The number of aromatic hydroxyl groups is 1. The number of carbonyl (C=O) groups is 2. The topological polar surface area (TPSA) is 165 Å². The molecule has 10 nitrogen and oxygen atoms in total. The summed E-state index contributed by atoms with van der Waals surface area (Å²) in [6.45, 7) is 1.17. The number of Topliss-reactive ketones (excluding diaryl/α,β-unsaturated/α-hetero) is 1. The van der Waals surface area contributed by atoms with Gasteiger partial charge in [0.25, 0.3) is 0 Å². The number of phenolic OH excluding ortho intramolecular Hbond substituents is 1. The fraction of sp³-hybridized carbons (Fsp3) is 0.143. The number of anilines is 1. The van der Waals surface area contributed by atoms with Crippen LogP contribution in [0.1, 0.15) is 13.3 Å². The fourth-order valence-corrected chi connectivity index (χ4v) is 3.51. The largest absolute Gasteiger partial charge is 1.00 e. The molecule has 0 atom stereocenters. The molecule has 0 aliphatic carbocycles. The first-order valence-electron chi connectivity index (χ1n) is 6.81. The Balaban J connectivity index is 0.00000364. The van der Waals surface area contributed by atoms with Crippen LogP contribution in [0, 0.1) is 0 Å². The second kappa shape index (κ2) is 11.8. The molecule has 140 valence electrons. The van der Waals surface area contributed by atoms with E-state index in [2.05, 4.69) is 14.7 Å². The smallest absolute Gasteiger partial charge is 0.744 e. The summed E-state index contributed by atoms with van der Waals surface area (Å²) in [5.74, 6) is -1.66. The van der Waals surface area contributed by atoms with E-state index in [-0.39, 0.29) is 80.5 Å². The molecule has 2 N–H and O–H groups in total. The molecular weight excluding hydrogens is 436 g/mol. The van der Waals surface area contributed by atoms with Crippen molar-refractivity contribution in [1.29, 1.82) is 0 Å². The Morgan fingerprint density at radius 3 is 2.39 bits per heavy atom. The standard InChI is InChI=1S/C14H13NO9S2.2Na/c1-7(16)4-13(18)15-11-3-2-9-10(14(11)26(20,21)22)5-8(6-12(9)17)25-24-23-19;;/h2-3,5-6,17,19H,4H2,1H3,(H,15,18)(H,20,21,22);;/q;2*+1/p-2. The van der Waals surface area contributed by atoms with Gasteiger partial charge in [0.15, 0.2) is 0 Å². The van der Waals surface area contributed by atoms with Crippen LogP contribution in [0.2, 0.25) is 0 Å². The van der Waals surface area contributed by atoms with Crippen molar-refractivity contribution >= 4 is 50.3 Å². The molecule has 1 amide bonds. The predicted octanol–water partition coefficient (Wildman–Crippen LogP) is -5.39. The molecule has 0 saturated carbocycles. The monoisotopic (exact) mass is 447 g/mol. The van der Waals surface area contributed by atoms with Crippen molar-refractivity contribution in [3.05, 3.63) is 24.3 Å². The van der Waals surface area contributed by atoms with Gasteiger partial charge >= 0.3 is 59.1 Å². The summed E-state index contributed by atoms with van der Waals surface area (Å²) in [7, 11) is -5.09.